The predicted octanol–water partition coefficient (Wildman–Crippen LogP) is 3.72. The fourth-order valence-corrected chi connectivity index (χ4v) is 2.81. The average Bonchev–Trinajstić information content (AvgIpc) is 2.04. The average molecular weight is 387 g/mol. The molecule has 1 rings (SSSR count). The quantitative estimate of drug-likeness (QED) is 0.780. The first-order valence-electron chi connectivity index (χ1n) is 3.93. The lowest BCUT2D eigenvalue weighted by molar-refractivity contribution is 0.977. The van der Waals surface area contributed by atoms with Crippen LogP contribution in [0.1, 0.15) is 13.3 Å². The first-order chi connectivity index (χ1) is 5.75. The Bertz CT molecular complexity index is 240. The van der Waals surface area contributed by atoms with Crippen molar-refractivity contribution in [3.05, 3.63) is 25.3 Å². The molecule has 0 unspecified atom stereocenters. The maximum atomic E-state index is 3.42. The van der Waals surface area contributed by atoms with Gasteiger partial charge in [-0.1, -0.05) is 13.0 Å². The number of hydrogen-bond donors (Lipinski definition) is 1. The van der Waals surface area contributed by atoms with Crippen LogP contribution in [0, 0.1) is 7.14 Å². The third kappa shape index (κ3) is 2.76. The van der Waals surface area contributed by atoms with Crippen molar-refractivity contribution in [1.82, 2.24) is 0 Å². The van der Waals surface area contributed by atoms with Crippen molar-refractivity contribution in [2.75, 3.05) is 11.9 Å². The van der Waals surface area contributed by atoms with Crippen LogP contribution >= 0.6 is 45.2 Å². The summed E-state index contributed by atoms with van der Waals surface area (Å²) in [6.07, 6.45) is 1.17. The minimum Gasteiger partial charge on any atom is -0.383 e. The molecule has 1 nitrogen and oxygen atoms in total. The topological polar surface area (TPSA) is 12.0 Å². The van der Waals surface area contributed by atoms with Gasteiger partial charge in [0.25, 0.3) is 0 Å². The number of benzene rings is 1. The summed E-state index contributed by atoms with van der Waals surface area (Å²) >= 11 is 4.72. The van der Waals surface area contributed by atoms with Gasteiger partial charge in [-0.2, -0.15) is 0 Å². The first-order valence-corrected chi connectivity index (χ1v) is 6.09. The van der Waals surface area contributed by atoms with E-state index in [0.717, 1.165) is 6.54 Å². The Kier molecular flexibility index (Phi) is 4.63. The number of rotatable bonds is 3. The van der Waals surface area contributed by atoms with E-state index in [1.54, 1.807) is 0 Å². The van der Waals surface area contributed by atoms with E-state index in [-0.39, 0.29) is 0 Å². The largest absolute Gasteiger partial charge is 0.383 e. The number of nitrogens with one attached hydrogen (secondary N) is 1. The Morgan fingerprint density at radius 1 is 1.25 bits per heavy atom. The standard InChI is InChI=1S/C9H11I2N/c1-2-6-12-9-7(10)4-3-5-8(9)11/h3-5,12H,2,6H2,1H3. The van der Waals surface area contributed by atoms with Gasteiger partial charge >= 0.3 is 0 Å². The number of hydrogen-bond acceptors (Lipinski definition) is 1. The molecular formula is C9H11I2N. The molecular weight excluding hydrogens is 376 g/mol. The lowest BCUT2D eigenvalue weighted by atomic mass is 10.3. The van der Waals surface area contributed by atoms with Crippen molar-refractivity contribution < 1.29 is 0 Å². The van der Waals surface area contributed by atoms with Crippen molar-refractivity contribution in [2.45, 2.75) is 13.3 Å². The van der Waals surface area contributed by atoms with Crippen molar-refractivity contribution in [3.8, 4) is 0 Å². The second kappa shape index (κ2) is 5.26. The molecule has 0 aliphatic rings. The van der Waals surface area contributed by atoms with Gasteiger partial charge in [-0.3, -0.25) is 0 Å². The summed E-state index contributed by atoms with van der Waals surface area (Å²) in [5.74, 6) is 0. The summed E-state index contributed by atoms with van der Waals surface area (Å²) < 4.78 is 2.60. The van der Waals surface area contributed by atoms with Gasteiger partial charge in [-0.05, 0) is 63.7 Å². The molecule has 3 heteroatoms. The van der Waals surface area contributed by atoms with Crippen molar-refractivity contribution in [2.24, 2.45) is 0 Å². The molecule has 0 amide bonds. The Morgan fingerprint density at radius 3 is 2.33 bits per heavy atom. The van der Waals surface area contributed by atoms with Gasteiger partial charge in [0.05, 0.1) is 5.69 Å². The second-order valence-electron chi connectivity index (χ2n) is 2.52. The van der Waals surface area contributed by atoms with E-state index >= 15 is 0 Å². The SMILES string of the molecule is CCCNc1c(I)cccc1I. The van der Waals surface area contributed by atoms with Gasteiger partial charge in [0.2, 0.25) is 0 Å². The summed E-state index contributed by atoms with van der Waals surface area (Å²) in [7, 11) is 0. The fraction of sp³-hybridized carbons (Fsp3) is 0.333. The number of anilines is 1. The lowest BCUT2D eigenvalue weighted by Crippen LogP contribution is -2.03. The molecule has 1 N–H and O–H groups in total. The maximum Gasteiger partial charge on any atom is 0.0611 e. The van der Waals surface area contributed by atoms with Gasteiger partial charge in [-0.15, -0.1) is 0 Å². The molecule has 0 aliphatic carbocycles. The van der Waals surface area contributed by atoms with Crippen molar-refractivity contribution in [1.29, 1.82) is 0 Å². The molecule has 12 heavy (non-hydrogen) atoms. The van der Waals surface area contributed by atoms with Crippen LogP contribution in [-0.2, 0) is 0 Å². The van der Waals surface area contributed by atoms with Gasteiger partial charge in [-0.25, -0.2) is 0 Å². The minimum atomic E-state index is 1.05. The number of halogens is 2. The molecule has 0 saturated carbocycles. The van der Waals surface area contributed by atoms with E-state index in [2.05, 4.69) is 75.6 Å². The Balaban J connectivity index is 2.81. The third-order valence-electron chi connectivity index (χ3n) is 1.51. The molecule has 0 radical (unpaired) electrons. The zero-order valence-electron chi connectivity index (χ0n) is 6.90. The molecule has 0 saturated heterocycles. The van der Waals surface area contributed by atoms with Crippen LogP contribution in [-0.4, -0.2) is 6.54 Å². The van der Waals surface area contributed by atoms with E-state index in [1.807, 2.05) is 0 Å². The second-order valence-corrected chi connectivity index (χ2v) is 4.85. The molecule has 0 aromatic heterocycles. The zero-order valence-corrected chi connectivity index (χ0v) is 11.2. The van der Waals surface area contributed by atoms with Crippen molar-refractivity contribution in [3.63, 3.8) is 0 Å². The molecule has 66 valence electrons. The highest BCUT2D eigenvalue weighted by molar-refractivity contribution is 14.1. The first kappa shape index (κ1) is 10.6. The van der Waals surface area contributed by atoms with Crippen LogP contribution in [0.15, 0.2) is 18.2 Å². The molecule has 0 heterocycles. The van der Waals surface area contributed by atoms with Gasteiger partial charge < -0.3 is 5.32 Å². The molecule has 0 spiro atoms. The molecule has 1 aromatic carbocycles. The number of para-hydroxylation sites is 1. The van der Waals surface area contributed by atoms with Crippen LogP contribution in [0.5, 0.6) is 0 Å². The Labute approximate surface area is 101 Å². The van der Waals surface area contributed by atoms with Crippen LogP contribution < -0.4 is 5.32 Å². The lowest BCUT2D eigenvalue weighted by Gasteiger charge is -2.08. The van der Waals surface area contributed by atoms with Crippen molar-refractivity contribution >= 4 is 50.9 Å². The summed E-state index contributed by atoms with van der Waals surface area (Å²) in [5.41, 5.74) is 1.28. The summed E-state index contributed by atoms with van der Waals surface area (Å²) in [6.45, 7) is 3.23. The summed E-state index contributed by atoms with van der Waals surface area (Å²) in [4.78, 5) is 0. The van der Waals surface area contributed by atoms with Crippen LogP contribution in [0.2, 0.25) is 0 Å². The highest BCUT2D eigenvalue weighted by atomic mass is 127. The van der Waals surface area contributed by atoms with E-state index in [0.29, 0.717) is 0 Å². The molecule has 0 aliphatic heterocycles. The van der Waals surface area contributed by atoms with E-state index in [4.69, 9.17) is 0 Å². The maximum absolute atomic E-state index is 3.42. The molecule has 1 aromatic rings. The Hall–Kier alpha value is 0.480. The molecule has 0 bridgehead atoms. The monoisotopic (exact) mass is 387 g/mol. The highest BCUT2D eigenvalue weighted by Gasteiger charge is 2.01. The normalized spacial score (nSPS) is 9.92. The van der Waals surface area contributed by atoms with Gasteiger partial charge in [0.1, 0.15) is 0 Å². The van der Waals surface area contributed by atoms with E-state index < -0.39 is 0 Å². The zero-order chi connectivity index (χ0) is 8.97. The molecule has 0 fully saturated rings. The van der Waals surface area contributed by atoms with E-state index in [9.17, 15) is 0 Å². The van der Waals surface area contributed by atoms with Gasteiger partial charge in [0.15, 0.2) is 0 Å². The Morgan fingerprint density at radius 2 is 1.83 bits per heavy atom. The van der Waals surface area contributed by atoms with Crippen LogP contribution in [0.25, 0.3) is 0 Å². The van der Waals surface area contributed by atoms with Crippen LogP contribution in [0.4, 0.5) is 5.69 Å². The van der Waals surface area contributed by atoms with E-state index in [1.165, 1.54) is 19.2 Å². The van der Waals surface area contributed by atoms with Gasteiger partial charge in [0, 0.05) is 13.7 Å². The highest BCUT2D eigenvalue weighted by Crippen LogP contribution is 2.23. The molecule has 0 atom stereocenters. The summed E-state index contributed by atoms with van der Waals surface area (Å²) in [6, 6.07) is 6.34. The minimum absolute atomic E-state index is 1.05. The predicted molar refractivity (Wildman–Crippen MR) is 70.7 cm³/mol. The van der Waals surface area contributed by atoms with Crippen LogP contribution in [0.3, 0.4) is 0 Å². The fourth-order valence-electron chi connectivity index (χ4n) is 0.917. The summed E-state index contributed by atoms with van der Waals surface area (Å²) in [5, 5.41) is 3.42. The third-order valence-corrected chi connectivity index (χ3v) is 3.31. The smallest absolute Gasteiger partial charge is 0.0611 e.